The van der Waals surface area contributed by atoms with Gasteiger partial charge in [0.1, 0.15) is 0 Å². The summed E-state index contributed by atoms with van der Waals surface area (Å²) < 4.78 is 3.92. The summed E-state index contributed by atoms with van der Waals surface area (Å²) in [5, 5.41) is 21.0. The molecule has 0 radical (unpaired) electrons. The van der Waals surface area contributed by atoms with Gasteiger partial charge >= 0.3 is 5.97 Å². The Morgan fingerprint density at radius 2 is 1.37 bits per heavy atom. The predicted molar refractivity (Wildman–Crippen MR) is 131 cm³/mol. The number of imide groups is 1. The van der Waals surface area contributed by atoms with Crippen molar-refractivity contribution in [2.75, 3.05) is 0 Å². The van der Waals surface area contributed by atoms with Crippen LogP contribution in [0.4, 0.5) is 0 Å². The van der Waals surface area contributed by atoms with E-state index in [1.165, 1.54) is 0 Å². The molecule has 8 nitrogen and oxygen atoms in total. The van der Waals surface area contributed by atoms with Gasteiger partial charge in [-0.05, 0) is 25.0 Å². The summed E-state index contributed by atoms with van der Waals surface area (Å²) >= 11 is 0. The average molecular weight is 472 g/mol. The number of aromatic nitrogens is 2. The Hall–Kier alpha value is -4.17. The van der Waals surface area contributed by atoms with Crippen LogP contribution in [0.3, 0.4) is 0 Å². The smallest absolute Gasteiger partial charge is 0.303 e. The van der Waals surface area contributed by atoms with Gasteiger partial charge in [0.15, 0.2) is 0 Å². The first-order valence-electron chi connectivity index (χ1n) is 11.5. The number of fused-ring (bicyclic) bond motifs is 2. The van der Waals surface area contributed by atoms with E-state index in [9.17, 15) is 19.6 Å². The van der Waals surface area contributed by atoms with Crippen LogP contribution < -0.4 is 0 Å². The Morgan fingerprint density at radius 1 is 0.800 bits per heavy atom. The van der Waals surface area contributed by atoms with E-state index >= 15 is 0 Å². The number of carboxylic acid groups (broad SMARTS) is 1. The molecule has 2 N–H and O–H groups in total. The van der Waals surface area contributed by atoms with Gasteiger partial charge in [-0.2, -0.15) is 0 Å². The summed E-state index contributed by atoms with van der Waals surface area (Å²) in [6, 6.07) is 15.3. The number of hydroxylamine groups is 2. The molecule has 0 fully saturated rings. The third kappa shape index (κ3) is 3.81. The van der Waals surface area contributed by atoms with E-state index in [1.54, 1.807) is 0 Å². The molecule has 2 aromatic carbocycles. The SMILES string of the molecule is Cn1cc(C2=C(c3cn(CCCCCC(=O)O)c4ccccc34)C(=O)N(O)C2=O)c2ccccc21. The second-order valence-corrected chi connectivity index (χ2v) is 8.80. The van der Waals surface area contributed by atoms with Crippen LogP contribution in [0.5, 0.6) is 0 Å². The highest BCUT2D eigenvalue weighted by atomic mass is 16.5. The van der Waals surface area contributed by atoms with E-state index in [-0.39, 0.29) is 22.6 Å². The molecule has 0 spiro atoms. The van der Waals surface area contributed by atoms with E-state index in [4.69, 9.17) is 5.11 Å². The molecule has 1 aliphatic heterocycles. The van der Waals surface area contributed by atoms with Crippen molar-refractivity contribution >= 4 is 50.7 Å². The molecular formula is C27H25N3O5. The molecule has 35 heavy (non-hydrogen) atoms. The number of benzene rings is 2. The lowest BCUT2D eigenvalue weighted by Gasteiger charge is -2.04. The molecule has 8 heteroatoms. The van der Waals surface area contributed by atoms with Crippen LogP contribution in [0.2, 0.25) is 0 Å². The van der Waals surface area contributed by atoms with E-state index in [1.807, 2.05) is 77.1 Å². The van der Waals surface area contributed by atoms with Crippen molar-refractivity contribution in [1.29, 1.82) is 0 Å². The molecule has 4 aromatic rings. The first-order chi connectivity index (χ1) is 16.9. The molecule has 3 heterocycles. The highest BCUT2D eigenvalue weighted by Gasteiger charge is 2.41. The monoisotopic (exact) mass is 471 g/mol. The van der Waals surface area contributed by atoms with Gasteiger partial charge in [-0.25, -0.2) is 0 Å². The van der Waals surface area contributed by atoms with Crippen molar-refractivity contribution < 1.29 is 24.7 Å². The largest absolute Gasteiger partial charge is 0.481 e. The summed E-state index contributed by atoms with van der Waals surface area (Å²) in [5.41, 5.74) is 3.35. The normalized spacial score (nSPS) is 14.2. The third-order valence-corrected chi connectivity index (χ3v) is 6.58. The van der Waals surface area contributed by atoms with Crippen LogP contribution >= 0.6 is 0 Å². The van der Waals surface area contributed by atoms with E-state index in [2.05, 4.69) is 0 Å². The van der Waals surface area contributed by atoms with Gasteiger partial charge in [0, 0.05) is 65.3 Å². The fraction of sp³-hybridized carbons (Fsp3) is 0.222. The molecule has 0 saturated carbocycles. The lowest BCUT2D eigenvalue weighted by Crippen LogP contribution is -2.27. The summed E-state index contributed by atoms with van der Waals surface area (Å²) in [5.74, 6) is -2.29. The van der Waals surface area contributed by atoms with E-state index in [0.29, 0.717) is 24.1 Å². The molecular weight excluding hydrogens is 446 g/mol. The highest BCUT2D eigenvalue weighted by Crippen LogP contribution is 2.41. The lowest BCUT2D eigenvalue weighted by atomic mass is 9.95. The third-order valence-electron chi connectivity index (χ3n) is 6.58. The quantitative estimate of drug-likeness (QED) is 0.224. The number of carboxylic acids is 1. The first kappa shape index (κ1) is 22.6. The molecule has 2 aromatic heterocycles. The minimum atomic E-state index is -0.801. The van der Waals surface area contributed by atoms with Crippen molar-refractivity contribution in [3.8, 4) is 0 Å². The zero-order valence-electron chi connectivity index (χ0n) is 19.3. The number of aryl methyl sites for hydroxylation is 2. The van der Waals surface area contributed by atoms with Gasteiger partial charge in [-0.3, -0.25) is 19.6 Å². The Balaban J connectivity index is 1.64. The summed E-state index contributed by atoms with van der Waals surface area (Å²) in [6.07, 6.45) is 5.95. The number of carbonyl (C=O) groups excluding carboxylic acids is 2. The average Bonchev–Trinajstić information content (AvgIpc) is 3.45. The van der Waals surface area contributed by atoms with E-state index < -0.39 is 17.8 Å². The second kappa shape index (κ2) is 8.88. The van der Waals surface area contributed by atoms with Crippen LogP contribution in [-0.2, 0) is 28.0 Å². The summed E-state index contributed by atoms with van der Waals surface area (Å²) in [6.45, 7) is 0.641. The lowest BCUT2D eigenvalue weighted by molar-refractivity contribution is -0.168. The highest BCUT2D eigenvalue weighted by molar-refractivity contribution is 6.50. The summed E-state index contributed by atoms with van der Waals surface area (Å²) in [7, 11) is 1.88. The molecule has 0 atom stereocenters. The van der Waals surface area contributed by atoms with Crippen molar-refractivity contribution in [2.24, 2.45) is 7.05 Å². The number of nitrogens with zero attached hydrogens (tertiary/aromatic N) is 3. The van der Waals surface area contributed by atoms with Gasteiger partial charge in [0.05, 0.1) is 11.1 Å². The van der Waals surface area contributed by atoms with E-state index in [0.717, 1.165) is 34.6 Å². The van der Waals surface area contributed by atoms with Gasteiger partial charge in [-0.15, -0.1) is 5.06 Å². The maximum atomic E-state index is 13.2. The fourth-order valence-corrected chi connectivity index (χ4v) is 4.92. The molecule has 178 valence electrons. The summed E-state index contributed by atoms with van der Waals surface area (Å²) in [4.78, 5) is 37.1. The Kier molecular flexibility index (Phi) is 5.74. The maximum Gasteiger partial charge on any atom is 0.303 e. The Labute approximate surface area is 201 Å². The Bertz CT molecular complexity index is 1520. The molecule has 5 rings (SSSR count). The number of amides is 2. The number of hydrogen-bond acceptors (Lipinski definition) is 4. The van der Waals surface area contributed by atoms with Crippen LogP contribution in [0, 0.1) is 0 Å². The topological polar surface area (TPSA) is 105 Å². The maximum absolute atomic E-state index is 13.2. The van der Waals surface area contributed by atoms with Crippen molar-refractivity contribution in [2.45, 2.75) is 32.2 Å². The van der Waals surface area contributed by atoms with Crippen LogP contribution in [0.25, 0.3) is 33.0 Å². The van der Waals surface area contributed by atoms with Crippen molar-refractivity contribution in [3.05, 3.63) is 72.1 Å². The molecule has 0 bridgehead atoms. The van der Waals surface area contributed by atoms with Gasteiger partial charge in [0.2, 0.25) is 0 Å². The Morgan fingerprint density at radius 3 is 2.03 bits per heavy atom. The molecule has 0 saturated heterocycles. The van der Waals surface area contributed by atoms with Gasteiger partial charge in [-0.1, -0.05) is 42.8 Å². The molecule has 0 aliphatic carbocycles. The van der Waals surface area contributed by atoms with Crippen molar-refractivity contribution in [1.82, 2.24) is 14.2 Å². The fourth-order valence-electron chi connectivity index (χ4n) is 4.92. The molecule has 0 unspecified atom stereocenters. The number of hydrogen-bond donors (Lipinski definition) is 2. The van der Waals surface area contributed by atoms with Crippen LogP contribution in [0.1, 0.15) is 36.8 Å². The number of carbonyl (C=O) groups is 3. The van der Waals surface area contributed by atoms with Gasteiger partial charge in [0.25, 0.3) is 11.8 Å². The standard InChI is InChI=1S/C27H25N3O5/c1-28-15-19(17-9-4-6-11-21(17)28)24-25(27(34)30(35)26(24)33)20-16-29(14-8-2-3-13-23(31)32)22-12-7-5-10-18(20)22/h4-7,9-12,15-16,35H,2-3,8,13-14H2,1H3,(H,31,32). The first-order valence-corrected chi connectivity index (χ1v) is 11.5. The number of unbranched alkanes of at least 4 members (excludes halogenated alkanes) is 2. The zero-order chi connectivity index (χ0) is 24.7. The van der Waals surface area contributed by atoms with Crippen LogP contribution in [0.15, 0.2) is 60.9 Å². The number of aliphatic carboxylic acids is 1. The minimum absolute atomic E-state index is 0.141. The van der Waals surface area contributed by atoms with Crippen molar-refractivity contribution in [3.63, 3.8) is 0 Å². The molecule has 2 amide bonds. The second-order valence-electron chi connectivity index (χ2n) is 8.80. The van der Waals surface area contributed by atoms with Gasteiger partial charge < -0.3 is 14.2 Å². The minimum Gasteiger partial charge on any atom is -0.481 e. The predicted octanol–water partition coefficient (Wildman–Crippen LogP) is 4.45. The van der Waals surface area contributed by atoms with Crippen LogP contribution in [-0.4, -0.2) is 42.3 Å². The molecule has 1 aliphatic rings. The zero-order valence-corrected chi connectivity index (χ0v) is 19.3. The number of rotatable bonds is 8. The number of para-hydroxylation sites is 2.